The zero-order chi connectivity index (χ0) is 28.8. The van der Waals surface area contributed by atoms with Crippen LogP contribution in [0.15, 0.2) is 64.5 Å². The molecule has 0 spiro atoms. The lowest BCUT2D eigenvalue weighted by Gasteiger charge is -2.25. The number of halogens is 2. The van der Waals surface area contributed by atoms with Gasteiger partial charge in [-0.15, -0.1) is 0 Å². The minimum Gasteiger partial charge on any atom is -0.443 e. The second-order valence-corrected chi connectivity index (χ2v) is 12.2. The molecular weight excluding hydrogens is 547 g/mol. The Labute approximate surface area is 233 Å². The van der Waals surface area contributed by atoms with Crippen molar-refractivity contribution in [3.05, 3.63) is 76.6 Å². The summed E-state index contributed by atoms with van der Waals surface area (Å²) in [6.45, 7) is 6.17. The molecule has 0 aromatic heterocycles. The Morgan fingerprint density at radius 1 is 1.23 bits per heavy atom. The zero-order valence-electron chi connectivity index (χ0n) is 22.3. The molecule has 9 nitrogen and oxygen atoms in total. The molecule has 1 aliphatic heterocycles. The molecule has 0 unspecified atom stereocenters. The van der Waals surface area contributed by atoms with Crippen molar-refractivity contribution in [2.45, 2.75) is 37.8 Å². The fourth-order valence-electron chi connectivity index (χ4n) is 3.68. The Morgan fingerprint density at radius 2 is 1.95 bits per heavy atom. The molecule has 0 bridgehead atoms. The topological polar surface area (TPSA) is 108 Å². The van der Waals surface area contributed by atoms with Crippen LogP contribution in [0.4, 0.5) is 9.18 Å². The summed E-state index contributed by atoms with van der Waals surface area (Å²) >= 11 is 5.96. The first-order valence-electron chi connectivity index (χ1n) is 12.2. The highest BCUT2D eigenvalue weighted by Gasteiger charge is 2.29. The number of nitrogens with zero attached hydrogens (tertiary/aromatic N) is 3. The monoisotopic (exact) mass is 578 g/mol. The predicted molar refractivity (Wildman–Crippen MR) is 148 cm³/mol. The van der Waals surface area contributed by atoms with Gasteiger partial charge in [-0.05, 0) is 39.0 Å². The van der Waals surface area contributed by atoms with Crippen LogP contribution in [0.25, 0.3) is 0 Å². The number of hydrogen-bond donors (Lipinski definition) is 1. The first-order chi connectivity index (χ1) is 18.3. The molecule has 1 heterocycles. The molecular formula is C27H32ClFN4O5S. The Kier molecular flexibility index (Phi) is 9.87. The lowest BCUT2D eigenvalue weighted by atomic mass is 10.1. The lowest BCUT2D eigenvalue weighted by Crippen LogP contribution is -2.39. The van der Waals surface area contributed by atoms with Crippen LogP contribution in [0.3, 0.4) is 0 Å². The van der Waals surface area contributed by atoms with E-state index in [1.165, 1.54) is 47.2 Å². The van der Waals surface area contributed by atoms with E-state index >= 15 is 0 Å². The largest absolute Gasteiger partial charge is 0.443 e. The highest BCUT2D eigenvalue weighted by molar-refractivity contribution is 7.91. The molecule has 0 atom stereocenters. The molecule has 2 aromatic carbocycles. The second kappa shape index (κ2) is 12.7. The Balaban J connectivity index is 1.54. The van der Waals surface area contributed by atoms with Crippen LogP contribution in [-0.4, -0.2) is 74.2 Å². The molecule has 210 valence electrons. The fraction of sp³-hybridized carbons (Fsp3) is 0.370. The van der Waals surface area contributed by atoms with E-state index < -0.39 is 27.3 Å². The summed E-state index contributed by atoms with van der Waals surface area (Å²) in [6.07, 6.45) is 2.23. The zero-order valence-corrected chi connectivity index (χ0v) is 23.9. The normalized spacial score (nSPS) is 14.0. The first kappa shape index (κ1) is 30.3. The quantitative estimate of drug-likeness (QED) is 0.356. The molecule has 0 radical (unpaired) electrons. The van der Waals surface area contributed by atoms with Gasteiger partial charge in [-0.1, -0.05) is 41.9 Å². The van der Waals surface area contributed by atoms with Crippen molar-refractivity contribution in [2.24, 2.45) is 4.99 Å². The van der Waals surface area contributed by atoms with Gasteiger partial charge in [-0.2, -0.15) is 0 Å². The van der Waals surface area contributed by atoms with Crippen LogP contribution in [0.2, 0.25) is 5.02 Å². The van der Waals surface area contributed by atoms with Crippen LogP contribution in [0, 0.1) is 5.82 Å². The van der Waals surface area contributed by atoms with Crippen molar-refractivity contribution in [3.8, 4) is 0 Å². The predicted octanol–water partition coefficient (Wildman–Crippen LogP) is 4.01. The summed E-state index contributed by atoms with van der Waals surface area (Å²) in [4.78, 5) is 32.1. The van der Waals surface area contributed by atoms with Gasteiger partial charge >= 0.3 is 6.09 Å². The van der Waals surface area contributed by atoms with Crippen molar-refractivity contribution in [2.75, 3.05) is 32.6 Å². The maximum absolute atomic E-state index is 14.9. The molecule has 2 amide bonds. The van der Waals surface area contributed by atoms with Gasteiger partial charge in [0.15, 0.2) is 9.84 Å². The summed E-state index contributed by atoms with van der Waals surface area (Å²) < 4.78 is 45.1. The van der Waals surface area contributed by atoms with E-state index in [1.54, 1.807) is 45.0 Å². The minimum atomic E-state index is -3.63. The summed E-state index contributed by atoms with van der Waals surface area (Å²) in [5, 5.41) is 2.89. The number of hydrogen-bond acceptors (Lipinski definition) is 7. The average Bonchev–Trinajstić information content (AvgIpc) is 3.34. The van der Waals surface area contributed by atoms with Crippen molar-refractivity contribution in [3.63, 3.8) is 0 Å². The van der Waals surface area contributed by atoms with E-state index in [-0.39, 0.29) is 40.4 Å². The standard InChI is InChI=1S/C27H32ClFN4O5S/c1-27(2,3)38-26(35)33-15-14-31-25(33)19-11-12-20(22(29)16-19)17-32(4)24(34)10-7-13-30-18-39(36,37)23-9-6-5-8-21(23)28/h5-12,16,30H,13-15,17-18H2,1-4H3/b10-7+. The molecule has 0 saturated carbocycles. The molecule has 0 saturated heterocycles. The molecule has 12 heteroatoms. The Hall–Kier alpha value is -3.28. The van der Waals surface area contributed by atoms with E-state index in [1.807, 2.05) is 0 Å². The molecule has 2 aromatic rings. The number of sulfone groups is 1. The smallest absolute Gasteiger partial charge is 0.416 e. The second-order valence-electron chi connectivity index (χ2n) is 9.88. The van der Waals surface area contributed by atoms with E-state index in [9.17, 15) is 22.4 Å². The number of nitrogens with one attached hydrogen (secondary N) is 1. The molecule has 1 aliphatic rings. The number of aliphatic imine (C=N–C) groups is 1. The molecule has 3 rings (SSSR count). The number of ether oxygens (including phenoxy) is 1. The van der Waals surface area contributed by atoms with Crippen molar-refractivity contribution in [1.29, 1.82) is 0 Å². The Morgan fingerprint density at radius 3 is 2.62 bits per heavy atom. The molecule has 0 aliphatic carbocycles. The summed E-state index contributed by atoms with van der Waals surface area (Å²) in [5.74, 6) is -0.933. The van der Waals surface area contributed by atoms with Gasteiger partial charge < -0.3 is 9.64 Å². The first-order valence-corrected chi connectivity index (χ1v) is 14.2. The summed E-state index contributed by atoms with van der Waals surface area (Å²) in [5.41, 5.74) is 0.0519. The van der Waals surface area contributed by atoms with E-state index in [4.69, 9.17) is 16.3 Å². The maximum atomic E-state index is 14.9. The average molecular weight is 579 g/mol. The van der Waals surface area contributed by atoms with Gasteiger partial charge in [0.25, 0.3) is 0 Å². The van der Waals surface area contributed by atoms with Gasteiger partial charge in [-0.3, -0.25) is 20.0 Å². The number of rotatable bonds is 9. The van der Waals surface area contributed by atoms with Crippen molar-refractivity contribution in [1.82, 2.24) is 15.1 Å². The maximum Gasteiger partial charge on any atom is 0.416 e. The van der Waals surface area contributed by atoms with E-state index in [2.05, 4.69) is 10.3 Å². The lowest BCUT2D eigenvalue weighted by molar-refractivity contribution is -0.125. The minimum absolute atomic E-state index is 0.00581. The summed E-state index contributed by atoms with van der Waals surface area (Å²) in [7, 11) is -2.10. The van der Waals surface area contributed by atoms with Crippen molar-refractivity contribution >= 4 is 39.3 Å². The van der Waals surface area contributed by atoms with Crippen LogP contribution in [0.5, 0.6) is 0 Å². The van der Waals surface area contributed by atoms with Gasteiger partial charge in [0.05, 0.1) is 23.0 Å². The van der Waals surface area contributed by atoms with Crippen LogP contribution in [-0.2, 0) is 25.9 Å². The highest BCUT2D eigenvalue weighted by Crippen LogP contribution is 2.21. The number of amides is 2. The van der Waals surface area contributed by atoms with Crippen LogP contribution in [0.1, 0.15) is 31.9 Å². The molecule has 0 fully saturated rings. The van der Waals surface area contributed by atoms with E-state index in [0.29, 0.717) is 24.5 Å². The van der Waals surface area contributed by atoms with Gasteiger partial charge in [-0.25, -0.2) is 17.6 Å². The number of carbonyl (C=O) groups is 2. The third-order valence-electron chi connectivity index (χ3n) is 5.54. The third-order valence-corrected chi connectivity index (χ3v) is 7.59. The number of amidine groups is 1. The number of carbonyl (C=O) groups excluding carboxylic acids is 2. The van der Waals surface area contributed by atoms with Crippen molar-refractivity contribution < 1.29 is 27.1 Å². The fourth-order valence-corrected chi connectivity index (χ4v) is 5.36. The summed E-state index contributed by atoms with van der Waals surface area (Å²) in [6, 6.07) is 10.6. The molecule has 39 heavy (non-hydrogen) atoms. The van der Waals surface area contributed by atoms with Gasteiger partial charge in [0, 0.05) is 37.3 Å². The van der Waals surface area contributed by atoms with Crippen LogP contribution >= 0.6 is 11.6 Å². The van der Waals surface area contributed by atoms with E-state index in [0.717, 1.165) is 0 Å². The number of benzene rings is 2. The highest BCUT2D eigenvalue weighted by atomic mass is 35.5. The Bertz CT molecular complexity index is 1390. The molecule has 1 N–H and O–H groups in total. The number of likely N-dealkylation sites (N-methyl/N-ethyl adjacent to an activating group) is 1. The van der Waals surface area contributed by atoms with Gasteiger partial charge in [0.2, 0.25) is 5.91 Å². The van der Waals surface area contributed by atoms with Gasteiger partial charge in [0.1, 0.15) is 23.1 Å². The third kappa shape index (κ3) is 8.35. The van der Waals surface area contributed by atoms with Crippen LogP contribution < -0.4 is 5.32 Å². The SMILES string of the molecule is CN(Cc1ccc(C2=NCCN2C(=O)OC(C)(C)C)cc1F)C(=O)/C=C/CNCS(=O)(=O)c1ccccc1Cl.